The first kappa shape index (κ1) is 11.5. The number of rotatable bonds is 5. The number of nitrogens with one attached hydrogen (secondary N) is 1. The predicted octanol–water partition coefficient (Wildman–Crippen LogP) is 2.31. The molecule has 0 amide bonds. The lowest BCUT2D eigenvalue weighted by Gasteiger charge is -2.08. The Labute approximate surface area is 101 Å². The molecule has 17 heavy (non-hydrogen) atoms. The topological polar surface area (TPSA) is 39.1 Å². The molecule has 1 aromatic carbocycles. The molecule has 0 bridgehead atoms. The van der Waals surface area contributed by atoms with E-state index in [0.29, 0.717) is 0 Å². The quantitative estimate of drug-likeness (QED) is 0.858. The molecule has 1 N–H and O–H groups in total. The van der Waals surface area contributed by atoms with E-state index in [2.05, 4.69) is 14.9 Å². The van der Waals surface area contributed by atoms with Crippen molar-refractivity contribution in [1.29, 1.82) is 0 Å². The van der Waals surface area contributed by atoms with Crippen molar-refractivity contribution in [2.24, 2.45) is 0 Å². The van der Waals surface area contributed by atoms with Gasteiger partial charge in [-0.1, -0.05) is 0 Å². The smallest absolute Gasteiger partial charge is 0.119 e. The summed E-state index contributed by atoms with van der Waals surface area (Å²) in [5, 5.41) is 3.36. The molecule has 0 atom stereocenters. The van der Waals surface area contributed by atoms with Gasteiger partial charge in [-0.2, -0.15) is 0 Å². The maximum Gasteiger partial charge on any atom is 0.119 e. The van der Waals surface area contributed by atoms with E-state index in [1.807, 2.05) is 43.6 Å². The zero-order chi connectivity index (χ0) is 12.1. The summed E-state index contributed by atoms with van der Waals surface area (Å²) in [5.74, 6) is 1.92. The Kier molecular flexibility index (Phi) is 3.65. The van der Waals surface area contributed by atoms with Gasteiger partial charge in [-0.05, 0) is 31.2 Å². The SMILES string of the molecule is COc1ccc(NCCn2ccnc2C)cc1. The van der Waals surface area contributed by atoms with Gasteiger partial charge < -0.3 is 14.6 Å². The highest BCUT2D eigenvalue weighted by Crippen LogP contribution is 2.14. The fourth-order valence-electron chi connectivity index (χ4n) is 1.67. The molecule has 0 aliphatic carbocycles. The monoisotopic (exact) mass is 231 g/mol. The van der Waals surface area contributed by atoms with Gasteiger partial charge in [-0.15, -0.1) is 0 Å². The number of ether oxygens (including phenoxy) is 1. The second-order valence-electron chi connectivity index (χ2n) is 3.82. The Hall–Kier alpha value is -1.97. The van der Waals surface area contributed by atoms with Crippen LogP contribution in [0.2, 0.25) is 0 Å². The zero-order valence-electron chi connectivity index (χ0n) is 10.2. The second-order valence-corrected chi connectivity index (χ2v) is 3.82. The first-order chi connectivity index (χ1) is 8.29. The van der Waals surface area contributed by atoms with Crippen LogP contribution < -0.4 is 10.1 Å². The van der Waals surface area contributed by atoms with Crippen LogP contribution in [0.4, 0.5) is 5.69 Å². The lowest BCUT2D eigenvalue weighted by molar-refractivity contribution is 0.415. The molecule has 0 saturated carbocycles. The first-order valence-electron chi connectivity index (χ1n) is 5.65. The largest absolute Gasteiger partial charge is 0.497 e. The molecule has 4 heteroatoms. The van der Waals surface area contributed by atoms with E-state index in [1.165, 1.54) is 0 Å². The molecule has 0 radical (unpaired) electrons. The maximum atomic E-state index is 5.11. The number of methoxy groups -OCH3 is 1. The van der Waals surface area contributed by atoms with E-state index in [4.69, 9.17) is 4.74 Å². The Morgan fingerprint density at radius 3 is 2.65 bits per heavy atom. The number of anilines is 1. The molecule has 0 unspecified atom stereocenters. The summed E-state index contributed by atoms with van der Waals surface area (Å²) in [4.78, 5) is 4.18. The van der Waals surface area contributed by atoms with Crippen molar-refractivity contribution in [3.05, 3.63) is 42.5 Å². The second kappa shape index (κ2) is 5.39. The molecule has 0 fully saturated rings. The molecule has 2 aromatic rings. The average Bonchev–Trinajstić information content (AvgIpc) is 2.76. The molecule has 0 spiro atoms. The van der Waals surface area contributed by atoms with Crippen molar-refractivity contribution in [2.45, 2.75) is 13.5 Å². The minimum Gasteiger partial charge on any atom is -0.497 e. The molecule has 0 saturated heterocycles. The summed E-state index contributed by atoms with van der Waals surface area (Å²) in [6, 6.07) is 7.93. The molecular weight excluding hydrogens is 214 g/mol. The molecule has 0 aliphatic heterocycles. The van der Waals surface area contributed by atoms with Crippen LogP contribution in [0.1, 0.15) is 5.82 Å². The fourth-order valence-corrected chi connectivity index (χ4v) is 1.67. The van der Waals surface area contributed by atoms with Crippen LogP contribution in [0, 0.1) is 6.92 Å². The molecule has 1 heterocycles. The van der Waals surface area contributed by atoms with Crippen LogP contribution in [0.25, 0.3) is 0 Å². The maximum absolute atomic E-state index is 5.11. The van der Waals surface area contributed by atoms with Gasteiger partial charge in [0.15, 0.2) is 0 Å². The predicted molar refractivity (Wildman–Crippen MR) is 68.4 cm³/mol. The number of aryl methyl sites for hydroxylation is 1. The molecule has 1 aromatic heterocycles. The third kappa shape index (κ3) is 3.00. The first-order valence-corrected chi connectivity index (χ1v) is 5.65. The summed E-state index contributed by atoms with van der Waals surface area (Å²) in [6.45, 7) is 3.80. The van der Waals surface area contributed by atoms with Gasteiger partial charge in [0.25, 0.3) is 0 Å². The third-order valence-corrected chi connectivity index (χ3v) is 2.70. The Balaban J connectivity index is 1.83. The summed E-state index contributed by atoms with van der Waals surface area (Å²) in [6.07, 6.45) is 3.81. The highest BCUT2D eigenvalue weighted by Gasteiger charge is 1.96. The van der Waals surface area contributed by atoms with Crippen molar-refractivity contribution in [3.63, 3.8) is 0 Å². The standard InChI is InChI=1S/C13H17N3O/c1-11-14-7-9-16(11)10-8-15-12-3-5-13(17-2)6-4-12/h3-7,9,15H,8,10H2,1-2H3. The van der Waals surface area contributed by atoms with Gasteiger partial charge in [0, 0.05) is 31.2 Å². The van der Waals surface area contributed by atoms with Crippen molar-refractivity contribution < 1.29 is 4.74 Å². The van der Waals surface area contributed by atoms with Crippen LogP contribution in [-0.4, -0.2) is 23.2 Å². The van der Waals surface area contributed by atoms with E-state index in [0.717, 1.165) is 30.4 Å². The highest BCUT2D eigenvalue weighted by molar-refractivity contribution is 5.46. The van der Waals surface area contributed by atoms with E-state index < -0.39 is 0 Å². The van der Waals surface area contributed by atoms with Gasteiger partial charge in [0.05, 0.1) is 7.11 Å². The van der Waals surface area contributed by atoms with Gasteiger partial charge in [0.2, 0.25) is 0 Å². The number of hydrogen-bond acceptors (Lipinski definition) is 3. The van der Waals surface area contributed by atoms with Crippen LogP contribution >= 0.6 is 0 Å². The molecule has 2 rings (SSSR count). The van der Waals surface area contributed by atoms with Gasteiger partial charge in [-0.3, -0.25) is 0 Å². The molecule has 90 valence electrons. The van der Waals surface area contributed by atoms with Crippen LogP contribution in [0.15, 0.2) is 36.7 Å². The Morgan fingerprint density at radius 2 is 2.06 bits per heavy atom. The van der Waals surface area contributed by atoms with Crippen molar-refractivity contribution >= 4 is 5.69 Å². The van der Waals surface area contributed by atoms with Crippen molar-refractivity contribution in [2.75, 3.05) is 19.0 Å². The third-order valence-electron chi connectivity index (χ3n) is 2.70. The Morgan fingerprint density at radius 1 is 1.29 bits per heavy atom. The number of aromatic nitrogens is 2. The van der Waals surface area contributed by atoms with E-state index >= 15 is 0 Å². The summed E-state index contributed by atoms with van der Waals surface area (Å²) < 4.78 is 7.23. The number of hydrogen-bond donors (Lipinski definition) is 1. The number of nitrogens with zero attached hydrogens (tertiary/aromatic N) is 2. The lowest BCUT2D eigenvalue weighted by Crippen LogP contribution is -2.10. The summed E-state index contributed by atoms with van der Waals surface area (Å²) in [7, 11) is 1.67. The van der Waals surface area contributed by atoms with Crippen LogP contribution in [0.3, 0.4) is 0 Å². The average molecular weight is 231 g/mol. The lowest BCUT2D eigenvalue weighted by atomic mass is 10.3. The van der Waals surface area contributed by atoms with Gasteiger partial charge in [-0.25, -0.2) is 4.98 Å². The fraction of sp³-hybridized carbons (Fsp3) is 0.308. The molecular formula is C13H17N3O. The van der Waals surface area contributed by atoms with E-state index in [-0.39, 0.29) is 0 Å². The zero-order valence-corrected chi connectivity index (χ0v) is 10.2. The minimum atomic E-state index is 0.876. The number of imidazole rings is 1. The summed E-state index contributed by atoms with van der Waals surface area (Å²) in [5.41, 5.74) is 1.10. The normalized spacial score (nSPS) is 10.2. The highest BCUT2D eigenvalue weighted by atomic mass is 16.5. The number of benzene rings is 1. The van der Waals surface area contributed by atoms with E-state index in [9.17, 15) is 0 Å². The van der Waals surface area contributed by atoms with Crippen LogP contribution in [-0.2, 0) is 6.54 Å². The molecule has 0 aliphatic rings. The van der Waals surface area contributed by atoms with Crippen LogP contribution in [0.5, 0.6) is 5.75 Å². The van der Waals surface area contributed by atoms with Gasteiger partial charge in [0.1, 0.15) is 11.6 Å². The van der Waals surface area contributed by atoms with Gasteiger partial charge >= 0.3 is 0 Å². The minimum absolute atomic E-state index is 0.876. The van der Waals surface area contributed by atoms with E-state index in [1.54, 1.807) is 7.11 Å². The van der Waals surface area contributed by atoms with Crippen molar-refractivity contribution in [1.82, 2.24) is 9.55 Å². The molecule has 4 nitrogen and oxygen atoms in total. The van der Waals surface area contributed by atoms with Crippen molar-refractivity contribution in [3.8, 4) is 5.75 Å². The summed E-state index contributed by atoms with van der Waals surface area (Å²) >= 11 is 0. The Bertz CT molecular complexity index is 462.